The van der Waals surface area contributed by atoms with Crippen molar-refractivity contribution in [2.45, 2.75) is 13.3 Å². The van der Waals surface area contributed by atoms with Gasteiger partial charge in [0.25, 0.3) is 0 Å². The van der Waals surface area contributed by atoms with Crippen LogP contribution in [-0.2, 0) is 9.36 Å². The molecule has 0 rings (SSSR count). The summed E-state index contributed by atoms with van der Waals surface area (Å²) in [5.41, 5.74) is 0. The van der Waals surface area contributed by atoms with Crippen LogP contribution in [0.5, 0.6) is 0 Å². The van der Waals surface area contributed by atoms with E-state index in [1.807, 2.05) is 0 Å². The van der Waals surface area contributed by atoms with Crippen LogP contribution in [0.1, 0.15) is 13.3 Å². The fourth-order valence-electron chi connectivity index (χ4n) is 0.557. The molecule has 0 aromatic heterocycles. The average molecular weight is 180 g/mol. The summed E-state index contributed by atoms with van der Waals surface area (Å²) >= 11 is 0. The lowest BCUT2D eigenvalue weighted by molar-refractivity contribution is -0.141. The number of carbonyl (C=O) groups is 1. The number of hydrogen-bond donors (Lipinski definition) is 2. The summed E-state index contributed by atoms with van der Waals surface area (Å²) in [7, 11) is -3.02. The molecule has 2 unspecified atom stereocenters. The SMILES string of the molecule is CC(CCP(C)(=O)O)C(=O)O. The summed E-state index contributed by atoms with van der Waals surface area (Å²) in [4.78, 5) is 19.1. The van der Waals surface area contributed by atoms with E-state index >= 15 is 0 Å². The molecule has 0 bridgehead atoms. The monoisotopic (exact) mass is 180 g/mol. The zero-order valence-electron chi connectivity index (χ0n) is 6.65. The van der Waals surface area contributed by atoms with Gasteiger partial charge in [-0.1, -0.05) is 6.92 Å². The molecule has 11 heavy (non-hydrogen) atoms. The summed E-state index contributed by atoms with van der Waals surface area (Å²) < 4.78 is 10.7. The first-order valence-electron chi connectivity index (χ1n) is 3.35. The van der Waals surface area contributed by atoms with E-state index in [1.54, 1.807) is 0 Å². The Labute approximate surface area is 65.7 Å². The maximum Gasteiger partial charge on any atom is 0.306 e. The normalized spacial score (nSPS) is 18.8. The lowest BCUT2D eigenvalue weighted by Gasteiger charge is -2.07. The van der Waals surface area contributed by atoms with Gasteiger partial charge in [0.2, 0.25) is 0 Å². The average Bonchev–Trinajstić information content (AvgIpc) is 1.80. The van der Waals surface area contributed by atoms with Gasteiger partial charge in [0, 0.05) is 12.8 Å². The molecule has 2 N–H and O–H groups in total. The van der Waals surface area contributed by atoms with Gasteiger partial charge in [0.05, 0.1) is 5.92 Å². The van der Waals surface area contributed by atoms with Gasteiger partial charge in [-0.2, -0.15) is 0 Å². The van der Waals surface area contributed by atoms with E-state index in [2.05, 4.69) is 0 Å². The number of hydrogen-bond acceptors (Lipinski definition) is 2. The van der Waals surface area contributed by atoms with Crippen LogP contribution in [0.25, 0.3) is 0 Å². The molecule has 0 saturated heterocycles. The molecule has 0 radical (unpaired) electrons. The van der Waals surface area contributed by atoms with Crippen LogP contribution >= 0.6 is 7.37 Å². The Hall–Kier alpha value is -0.340. The fourth-order valence-corrected chi connectivity index (χ4v) is 1.42. The molecule has 0 fully saturated rings. The maximum absolute atomic E-state index is 10.7. The Morgan fingerprint density at radius 3 is 2.36 bits per heavy atom. The first kappa shape index (κ1) is 10.7. The van der Waals surface area contributed by atoms with Gasteiger partial charge in [-0.3, -0.25) is 9.36 Å². The van der Waals surface area contributed by atoms with E-state index < -0.39 is 19.3 Å². The van der Waals surface area contributed by atoms with Crippen molar-refractivity contribution in [3.8, 4) is 0 Å². The summed E-state index contributed by atoms with van der Waals surface area (Å²) in [6, 6.07) is 0. The fraction of sp³-hybridized carbons (Fsp3) is 0.833. The van der Waals surface area contributed by atoms with Crippen molar-refractivity contribution in [3.63, 3.8) is 0 Å². The van der Waals surface area contributed by atoms with Crippen LogP contribution in [-0.4, -0.2) is 28.8 Å². The second-order valence-electron chi connectivity index (χ2n) is 2.80. The third-order valence-electron chi connectivity index (χ3n) is 1.40. The molecule has 0 saturated carbocycles. The molecule has 0 spiro atoms. The van der Waals surface area contributed by atoms with Gasteiger partial charge in [0.15, 0.2) is 7.37 Å². The minimum absolute atomic E-state index is 0.0838. The van der Waals surface area contributed by atoms with E-state index in [-0.39, 0.29) is 12.6 Å². The Kier molecular flexibility index (Phi) is 3.76. The Bertz CT molecular complexity index is 183. The van der Waals surface area contributed by atoms with Gasteiger partial charge in [-0.25, -0.2) is 0 Å². The quantitative estimate of drug-likeness (QED) is 0.633. The van der Waals surface area contributed by atoms with E-state index in [9.17, 15) is 9.36 Å². The first-order valence-corrected chi connectivity index (χ1v) is 5.64. The highest BCUT2D eigenvalue weighted by molar-refractivity contribution is 7.57. The van der Waals surface area contributed by atoms with Crippen LogP contribution < -0.4 is 0 Å². The van der Waals surface area contributed by atoms with Gasteiger partial charge >= 0.3 is 5.97 Å². The molecule has 0 amide bonds. The van der Waals surface area contributed by atoms with Crippen LogP contribution in [0.3, 0.4) is 0 Å². The molecule has 5 heteroatoms. The van der Waals surface area contributed by atoms with Gasteiger partial charge < -0.3 is 10.00 Å². The van der Waals surface area contributed by atoms with Crippen molar-refractivity contribution in [1.29, 1.82) is 0 Å². The van der Waals surface area contributed by atoms with Crippen LogP contribution in [0.2, 0.25) is 0 Å². The van der Waals surface area contributed by atoms with E-state index in [4.69, 9.17) is 10.00 Å². The van der Waals surface area contributed by atoms with Gasteiger partial charge in [0.1, 0.15) is 0 Å². The molecule has 0 aliphatic heterocycles. The lowest BCUT2D eigenvalue weighted by Crippen LogP contribution is -2.10. The number of rotatable bonds is 4. The van der Waals surface area contributed by atoms with Crippen molar-refractivity contribution in [3.05, 3.63) is 0 Å². The van der Waals surface area contributed by atoms with E-state index in [0.717, 1.165) is 0 Å². The van der Waals surface area contributed by atoms with E-state index in [0.29, 0.717) is 0 Å². The second-order valence-corrected chi connectivity index (χ2v) is 5.35. The Morgan fingerprint density at radius 2 is 2.09 bits per heavy atom. The van der Waals surface area contributed by atoms with Crippen molar-refractivity contribution < 1.29 is 19.4 Å². The third-order valence-corrected chi connectivity index (χ3v) is 2.49. The molecule has 0 heterocycles. The largest absolute Gasteiger partial charge is 0.481 e. The predicted octanol–water partition coefficient (Wildman–Crippen LogP) is 0.997. The Balaban J connectivity index is 3.72. The minimum Gasteiger partial charge on any atom is -0.481 e. The molecule has 0 aliphatic carbocycles. The van der Waals surface area contributed by atoms with Crippen LogP contribution in [0, 0.1) is 5.92 Å². The summed E-state index contributed by atoms with van der Waals surface area (Å²) in [5.74, 6) is -1.45. The molecule has 0 aromatic carbocycles. The van der Waals surface area contributed by atoms with Gasteiger partial charge in [-0.15, -0.1) is 0 Å². The first-order chi connectivity index (χ1) is 4.83. The molecule has 0 aromatic rings. The lowest BCUT2D eigenvalue weighted by atomic mass is 10.1. The summed E-state index contributed by atoms with van der Waals surface area (Å²) in [6.07, 6.45) is 0.347. The molecular weight excluding hydrogens is 167 g/mol. The molecule has 66 valence electrons. The zero-order chi connectivity index (χ0) is 9.07. The number of carboxylic acid groups (broad SMARTS) is 1. The van der Waals surface area contributed by atoms with E-state index in [1.165, 1.54) is 13.6 Å². The third kappa shape index (κ3) is 6.07. The smallest absolute Gasteiger partial charge is 0.306 e. The van der Waals surface area contributed by atoms with Crippen molar-refractivity contribution in [2.24, 2.45) is 5.92 Å². The summed E-state index contributed by atoms with van der Waals surface area (Å²) in [5, 5.41) is 8.41. The topological polar surface area (TPSA) is 74.6 Å². The minimum atomic E-state index is -3.02. The highest BCUT2D eigenvalue weighted by Gasteiger charge is 2.16. The number of carboxylic acids is 1. The highest BCUT2D eigenvalue weighted by atomic mass is 31.2. The number of aliphatic carboxylic acids is 1. The van der Waals surface area contributed by atoms with Crippen molar-refractivity contribution >= 4 is 13.3 Å². The second kappa shape index (κ2) is 3.88. The van der Waals surface area contributed by atoms with Crippen LogP contribution in [0.4, 0.5) is 0 Å². The highest BCUT2D eigenvalue weighted by Crippen LogP contribution is 2.36. The zero-order valence-corrected chi connectivity index (χ0v) is 7.54. The standard InChI is InChI=1S/C6H13O4P/c1-5(6(7)8)3-4-11(2,9)10/h5H,3-4H2,1-2H3,(H,7,8)(H,9,10). The van der Waals surface area contributed by atoms with Crippen LogP contribution in [0.15, 0.2) is 0 Å². The predicted molar refractivity (Wildman–Crippen MR) is 42.0 cm³/mol. The van der Waals surface area contributed by atoms with Crippen molar-refractivity contribution in [1.82, 2.24) is 0 Å². The maximum atomic E-state index is 10.7. The molecule has 0 aliphatic rings. The summed E-state index contributed by atoms with van der Waals surface area (Å²) in [6.45, 7) is 2.76. The molecular formula is C6H13O4P. The Morgan fingerprint density at radius 1 is 1.64 bits per heavy atom. The van der Waals surface area contributed by atoms with Gasteiger partial charge in [-0.05, 0) is 6.42 Å². The van der Waals surface area contributed by atoms with Crippen molar-refractivity contribution in [2.75, 3.05) is 12.8 Å². The molecule has 4 nitrogen and oxygen atoms in total. The molecule has 2 atom stereocenters.